The van der Waals surface area contributed by atoms with Crippen LogP contribution in [0.25, 0.3) is 0 Å². The van der Waals surface area contributed by atoms with E-state index in [-0.39, 0.29) is 16.0 Å². The summed E-state index contributed by atoms with van der Waals surface area (Å²) in [5.74, 6) is -2.21. The van der Waals surface area contributed by atoms with Crippen molar-refractivity contribution in [1.82, 2.24) is 0 Å². The van der Waals surface area contributed by atoms with Crippen LogP contribution in [0, 0.1) is 11.3 Å². The highest BCUT2D eigenvalue weighted by atomic mass is 32.1. The molecule has 1 aromatic carbocycles. The molecule has 3 rings (SSSR count). The van der Waals surface area contributed by atoms with E-state index in [0.717, 1.165) is 33.8 Å². The Balaban J connectivity index is 2.00. The van der Waals surface area contributed by atoms with Gasteiger partial charge >= 0.3 is 12.1 Å². The number of nitrogens with one attached hydrogen (secondary N) is 2. The van der Waals surface area contributed by atoms with Gasteiger partial charge in [0, 0.05) is 10.6 Å². The van der Waals surface area contributed by atoms with Crippen molar-refractivity contribution in [2.45, 2.75) is 59.6 Å². The minimum Gasteiger partial charge on any atom is -0.322 e. The number of carbonyl (C=O) groups excluding carboxylic acids is 2. The van der Waals surface area contributed by atoms with E-state index < -0.39 is 18.0 Å². The second kappa shape index (κ2) is 8.65. The van der Waals surface area contributed by atoms with Crippen LogP contribution in [0.3, 0.4) is 0 Å². The number of anilines is 2. The predicted molar refractivity (Wildman–Crippen MR) is 118 cm³/mol. The molecule has 0 aliphatic heterocycles. The zero-order valence-corrected chi connectivity index (χ0v) is 18.9. The molecule has 8 heteroatoms. The molecule has 1 heterocycles. The maximum atomic E-state index is 13.2. The molecule has 0 radical (unpaired) electrons. The molecular formula is C23H27F3N2O2S. The fraction of sp³-hybridized carbons (Fsp3) is 0.478. The number of benzene rings is 1. The van der Waals surface area contributed by atoms with Gasteiger partial charge in [0.2, 0.25) is 0 Å². The highest BCUT2D eigenvalue weighted by molar-refractivity contribution is 7.17. The van der Waals surface area contributed by atoms with Crippen molar-refractivity contribution in [3.63, 3.8) is 0 Å². The molecule has 2 amide bonds. The third-order valence-corrected chi connectivity index (χ3v) is 7.02. The number of thiophene rings is 1. The molecule has 1 aliphatic carbocycles. The predicted octanol–water partition coefficient (Wildman–Crippen LogP) is 6.21. The zero-order chi connectivity index (χ0) is 23.0. The number of hydrogen-bond acceptors (Lipinski definition) is 3. The van der Waals surface area contributed by atoms with Gasteiger partial charge in [0.15, 0.2) is 0 Å². The fourth-order valence-electron chi connectivity index (χ4n) is 3.96. The van der Waals surface area contributed by atoms with E-state index in [1.807, 2.05) is 24.4 Å². The summed E-state index contributed by atoms with van der Waals surface area (Å²) >= 11 is 1.08. The molecule has 2 N–H and O–H groups in total. The summed E-state index contributed by atoms with van der Waals surface area (Å²) < 4.78 is 38.7. The number of fused-ring (bicyclic) bond motifs is 1. The Morgan fingerprint density at radius 1 is 1.13 bits per heavy atom. The third kappa shape index (κ3) is 5.11. The Morgan fingerprint density at radius 3 is 2.42 bits per heavy atom. The van der Waals surface area contributed by atoms with Crippen LogP contribution in [0.1, 0.15) is 60.5 Å². The number of alkyl halides is 3. The Bertz CT molecular complexity index is 990. The molecule has 0 spiro atoms. The van der Waals surface area contributed by atoms with Crippen LogP contribution >= 0.6 is 11.3 Å². The average Bonchev–Trinajstić information content (AvgIpc) is 3.04. The first kappa shape index (κ1) is 23.3. The summed E-state index contributed by atoms with van der Waals surface area (Å²) in [6.45, 7) is 8.37. The highest BCUT2D eigenvalue weighted by Gasteiger charge is 2.41. The van der Waals surface area contributed by atoms with E-state index in [9.17, 15) is 22.8 Å². The van der Waals surface area contributed by atoms with E-state index in [1.54, 1.807) is 12.1 Å². The van der Waals surface area contributed by atoms with Gasteiger partial charge in [-0.1, -0.05) is 45.9 Å². The summed E-state index contributed by atoms with van der Waals surface area (Å²) in [5, 5.41) is 4.76. The van der Waals surface area contributed by atoms with Crippen molar-refractivity contribution in [1.29, 1.82) is 0 Å². The maximum absolute atomic E-state index is 13.2. The van der Waals surface area contributed by atoms with E-state index in [4.69, 9.17) is 0 Å². The second-order valence-electron chi connectivity index (χ2n) is 8.93. The number of aryl methyl sites for hydroxylation is 1. The molecule has 168 valence electrons. The summed E-state index contributed by atoms with van der Waals surface area (Å²) in [7, 11) is 0. The first-order chi connectivity index (χ1) is 14.4. The molecule has 0 saturated heterocycles. The summed E-state index contributed by atoms with van der Waals surface area (Å²) in [6.07, 6.45) is -2.22. The van der Waals surface area contributed by atoms with Crippen molar-refractivity contribution >= 4 is 33.8 Å². The lowest BCUT2D eigenvalue weighted by Crippen LogP contribution is -2.30. The largest absolute Gasteiger partial charge is 0.471 e. The van der Waals surface area contributed by atoms with Crippen LogP contribution in [-0.4, -0.2) is 18.0 Å². The molecule has 1 unspecified atom stereocenters. The average molecular weight is 453 g/mol. The highest BCUT2D eigenvalue weighted by Crippen LogP contribution is 2.44. The van der Waals surface area contributed by atoms with Crippen molar-refractivity contribution in [2.24, 2.45) is 11.3 Å². The van der Waals surface area contributed by atoms with Crippen molar-refractivity contribution < 1.29 is 22.8 Å². The van der Waals surface area contributed by atoms with Gasteiger partial charge in [-0.15, -0.1) is 11.3 Å². The molecule has 1 aliphatic rings. The molecule has 0 bridgehead atoms. The normalized spacial score (nSPS) is 16.5. The van der Waals surface area contributed by atoms with Gasteiger partial charge in [-0.05, 0) is 54.2 Å². The summed E-state index contributed by atoms with van der Waals surface area (Å²) in [6, 6.07) is 7.30. The Kier molecular flexibility index (Phi) is 6.51. The van der Waals surface area contributed by atoms with Crippen LogP contribution in [0.15, 0.2) is 24.3 Å². The molecule has 0 saturated carbocycles. The number of hydrogen-bond donors (Lipinski definition) is 2. The molecule has 4 nitrogen and oxygen atoms in total. The molecule has 31 heavy (non-hydrogen) atoms. The number of carbonyl (C=O) groups is 2. The first-order valence-electron chi connectivity index (χ1n) is 10.3. The molecule has 1 aromatic heterocycles. The number of halogens is 3. The van der Waals surface area contributed by atoms with Crippen LogP contribution in [0.4, 0.5) is 23.9 Å². The molecule has 1 atom stereocenters. The van der Waals surface area contributed by atoms with Gasteiger partial charge in [0.25, 0.3) is 5.91 Å². The number of amides is 2. The standard InChI is InChI=1S/C23H27F3N2O2S/c1-5-13-8-6-7-9-16(13)27-19(29)18-15-11-10-14(22(2,3)4)12-17(15)31-20(18)28-21(30)23(24,25)26/h6-9,14H,5,10-12H2,1-4H3,(H,27,29)(H,28,30). The van der Waals surface area contributed by atoms with Gasteiger partial charge in [-0.25, -0.2) is 0 Å². The van der Waals surface area contributed by atoms with E-state index in [2.05, 4.69) is 26.1 Å². The van der Waals surface area contributed by atoms with Crippen molar-refractivity contribution in [3.05, 3.63) is 45.8 Å². The lowest BCUT2D eigenvalue weighted by atomic mass is 9.72. The topological polar surface area (TPSA) is 58.2 Å². The SMILES string of the molecule is CCc1ccccc1NC(=O)c1c(NC(=O)C(F)(F)F)sc2c1CCC(C(C)(C)C)C2. The first-order valence-corrected chi connectivity index (χ1v) is 11.2. The van der Waals surface area contributed by atoms with Crippen molar-refractivity contribution in [3.8, 4) is 0 Å². The van der Waals surface area contributed by atoms with E-state index in [1.165, 1.54) is 0 Å². The second-order valence-corrected chi connectivity index (χ2v) is 10.0. The fourth-order valence-corrected chi connectivity index (χ4v) is 5.28. The van der Waals surface area contributed by atoms with Gasteiger partial charge < -0.3 is 10.6 Å². The minimum absolute atomic E-state index is 0.0339. The number of rotatable bonds is 4. The third-order valence-electron chi connectivity index (χ3n) is 5.85. The summed E-state index contributed by atoms with van der Waals surface area (Å²) in [5.41, 5.74) is 2.48. The Hall–Kier alpha value is -2.35. The zero-order valence-electron chi connectivity index (χ0n) is 18.1. The van der Waals surface area contributed by atoms with E-state index in [0.29, 0.717) is 30.9 Å². The maximum Gasteiger partial charge on any atom is 0.471 e. The Morgan fingerprint density at radius 2 is 1.81 bits per heavy atom. The van der Waals surface area contributed by atoms with E-state index >= 15 is 0 Å². The Labute approximate surface area is 184 Å². The van der Waals surface area contributed by atoms with Gasteiger partial charge in [-0.2, -0.15) is 13.2 Å². The van der Waals surface area contributed by atoms with Crippen molar-refractivity contribution in [2.75, 3.05) is 10.6 Å². The van der Waals surface area contributed by atoms with Crippen LogP contribution in [-0.2, 0) is 24.1 Å². The van der Waals surface area contributed by atoms with Gasteiger partial charge in [0.05, 0.1) is 5.56 Å². The monoisotopic (exact) mass is 452 g/mol. The lowest BCUT2D eigenvalue weighted by Gasteiger charge is -2.33. The minimum atomic E-state index is -5.03. The van der Waals surface area contributed by atoms with Crippen LogP contribution in [0.2, 0.25) is 0 Å². The smallest absolute Gasteiger partial charge is 0.322 e. The quantitative estimate of drug-likeness (QED) is 0.579. The van der Waals surface area contributed by atoms with Gasteiger partial charge in [0.1, 0.15) is 5.00 Å². The van der Waals surface area contributed by atoms with Crippen LogP contribution < -0.4 is 10.6 Å². The molecule has 2 aromatic rings. The lowest BCUT2D eigenvalue weighted by molar-refractivity contribution is -0.167. The van der Waals surface area contributed by atoms with Crippen LogP contribution in [0.5, 0.6) is 0 Å². The molecular weight excluding hydrogens is 425 g/mol. The number of para-hydroxylation sites is 1. The summed E-state index contributed by atoms with van der Waals surface area (Å²) in [4.78, 5) is 25.7. The van der Waals surface area contributed by atoms with Gasteiger partial charge in [-0.3, -0.25) is 9.59 Å². The molecule has 0 fully saturated rings.